The molecule has 2 aromatic rings. The maximum absolute atomic E-state index is 14.5. The Kier molecular flexibility index (Phi) is 14.3. The van der Waals surface area contributed by atoms with Gasteiger partial charge >= 0.3 is 24.1 Å². The summed E-state index contributed by atoms with van der Waals surface area (Å²) in [6.07, 6.45) is 2.25. The average Bonchev–Trinajstić information content (AvgIpc) is 2.92. The molecule has 0 N–H and O–H groups in total. The van der Waals surface area contributed by atoms with Crippen LogP contribution in [0.3, 0.4) is 0 Å². The molecule has 0 radical (unpaired) electrons. The summed E-state index contributed by atoms with van der Waals surface area (Å²) < 4.78 is 68.8. The van der Waals surface area contributed by atoms with E-state index in [1.54, 1.807) is 6.92 Å². The first-order valence-electron chi connectivity index (χ1n) is 14.1. The van der Waals surface area contributed by atoms with Gasteiger partial charge in [-0.05, 0) is 55.7 Å². The summed E-state index contributed by atoms with van der Waals surface area (Å²) >= 11 is 0. The molecule has 0 saturated carbocycles. The van der Waals surface area contributed by atoms with Crippen LogP contribution in [0, 0.1) is 5.82 Å². The first-order valence-corrected chi connectivity index (χ1v) is 14.1. The molecule has 0 fully saturated rings. The fraction of sp³-hybridized carbons (Fsp3) is 0.516. The predicted octanol–water partition coefficient (Wildman–Crippen LogP) is 8.76. The van der Waals surface area contributed by atoms with Gasteiger partial charge in [-0.1, -0.05) is 65.2 Å². The molecule has 0 amide bonds. The van der Waals surface area contributed by atoms with Crippen molar-refractivity contribution in [3.05, 3.63) is 59.4 Å². The minimum atomic E-state index is -4.78. The van der Waals surface area contributed by atoms with E-state index in [9.17, 15) is 31.9 Å². The Balaban J connectivity index is 1.85. The van der Waals surface area contributed by atoms with E-state index in [2.05, 4.69) is 11.7 Å². The molecule has 10 heteroatoms. The van der Waals surface area contributed by atoms with E-state index in [0.29, 0.717) is 18.9 Å². The molecule has 0 spiro atoms. The van der Waals surface area contributed by atoms with E-state index in [1.165, 1.54) is 49.9 Å². The third-order valence-electron chi connectivity index (χ3n) is 6.36. The van der Waals surface area contributed by atoms with Gasteiger partial charge in [-0.15, -0.1) is 0 Å². The molecule has 2 rings (SSSR count). The van der Waals surface area contributed by atoms with Crippen LogP contribution in [0.25, 0.3) is 0 Å². The second kappa shape index (κ2) is 17.4. The number of rotatable bonds is 17. The molecule has 2 aromatic carbocycles. The number of carbonyl (C=O) groups excluding carboxylic acids is 3. The lowest BCUT2D eigenvalue weighted by Crippen LogP contribution is -2.34. The summed E-state index contributed by atoms with van der Waals surface area (Å²) in [7, 11) is 0. The predicted molar refractivity (Wildman–Crippen MR) is 145 cm³/mol. The average molecular weight is 583 g/mol. The minimum Gasteiger partial charge on any atom is -0.449 e. The van der Waals surface area contributed by atoms with Gasteiger partial charge in [0.1, 0.15) is 17.3 Å². The Morgan fingerprint density at radius 2 is 1.32 bits per heavy atom. The lowest BCUT2D eigenvalue weighted by Gasteiger charge is -2.20. The zero-order chi connectivity index (χ0) is 30.3. The maximum atomic E-state index is 14.5. The summed E-state index contributed by atoms with van der Waals surface area (Å²) in [4.78, 5) is 36.7. The lowest BCUT2D eigenvalue weighted by atomic mass is 10.1. The van der Waals surface area contributed by atoms with Crippen molar-refractivity contribution in [3.8, 4) is 11.5 Å². The van der Waals surface area contributed by atoms with Gasteiger partial charge in [-0.2, -0.15) is 13.2 Å². The fourth-order valence-electron chi connectivity index (χ4n) is 4.01. The van der Waals surface area contributed by atoms with Gasteiger partial charge in [0.05, 0.1) is 11.1 Å². The molecule has 1 unspecified atom stereocenters. The zero-order valence-electron chi connectivity index (χ0n) is 23.6. The first-order chi connectivity index (χ1) is 19.5. The van der Waals surface area contributed by atoms with Crippen LogP contribution in [0.1, 0.15) is 112 Å². The van der Waals surface area contributed by atoms with Gasteiger partial charge in [0.25, 0.3) is 0 Å². The Morgan fingerprint density at radius 1 is 0.732 bits per heavy atom. The second-order valence-electron chi connectivity index (χ2n) is 9.83. The minimum absolute atomic E-state index is 0.0840. The van der Waals surface area contributed by atoms with E-state index in [-0.39, 0.29) is 29.5 Å². The Morgan fingerprint density at radius 3 is 1.90 bits per heavy atom. The Labute approximate surface area is 238 Å². The molecule has 0 bridgehead atoms. The molecule has 0 aliphatic heterocycles. The summed E-state index contributed by atoms with van der Waals surface area (Å²) in [6.45, 7) is 3.87. The Hall–Kier alpha value is -3.43. The quantitative estimate of drug-likeness (QED) is 0.0803. The van der Waals surface area contributed by atoms with Gasteiger partial charge in [0, 0.05) is 12.5 Å². The van der Waals surface area contributed by atoms with Gasteiger partial charge in [-0.25, -0.2) is 14.0 Å². The summed E-state index contributed by atoms with van der Waals surface area (Å²) in [5.41, 5.74) is -0.630. The topological polar surface area (TPSA) is 78.9 Å². The highest BCUT2D eigenvalue weighted by atomic mass is 19.4. The highest BCUT2D eigenvalue weighted by Crippen LogP contribution is 2.28. The smallest absolute Gasteiger partial charge is 0.425 e. The fourth-order valence-corrected chi connectivity index (χ4v) is 4.01. The first kappa shape index (κ1) is 33.8. The van der Waals surface area contributed by atoms with Crippen LogP contribution >= 0.6 is 0 Å². The molecule has 0 aliphatic carbocycles. The van der Waals surface area contributed by atoms with Crippen molar-refractivity contribution in [2.24, 2.45) is 0 Å². The number of ether oxygens (including phenoxy) is 3. The van der Waals surface area contributed by atoms with E-state index in [4.69, 9.17) is 9.47 Å². The highest BCUT2D eigenvalue weighted by molar-refractivity contribution is 5.92. The molecule has 0 heterocycles. The number of benzene rings is 2. The van der Waals surface area contributed by atoms with Crippen LogP contribution in [0.2, 0.25) is 0 Å². The number of alkyl halides is 3. The second-order valence-corrected chi connectivity index (χ2v) is 9.83. The molecule has 226 valence electrons. The molecular weight excluding hydrogens is 544 g/mol. The van der Waals surface area contributed by atoms with Crippen molar-refractivity contribution in [2.75, 3.05) is 0 Å². The molecule has 1 atom stereocenters. The molecule has 41 heavy (non-hydrogen) atoms. The molecule has 0 aromatic heterocycles. The molecular formula is C31H38F4O6. The third kappa shape index (κ3) is 12.3. The van der Waals surface area contributed by atoms with Crippen LogP contribution in [-0.4, -0.2) is 30.2 Å². The summed E-state index contributed by atoms with van der Waals surface area (Å²) in [5, 5.41) is 0. The normalized spacial score (nSPS) is 12.0. The monoisotopic (exact) mass is 582 g/mol. The van der Waals surface area contributed by atoms with Gasteiger partial charge < -0.3 is 14.2 Å². The van der Waals surface area contributed by atoms with E-state index in [0.717, 1.165) is 37.8 Å². The van der Waals surface area contributed by atoms with Crippen LogP contribution in [-0.2, 0) is 9.53 Å². The van der Waals surface area contributed by atoms with Crippen molar-refractivity contribution >= 4 is 17.9 Å². The molecule has 0 saturated heterocycles. The third-order valence-corrected chi connectivity index (χ3v) is 6.36. The molecule has 0 aliphatic rings. The lowest BCUT2D eigenvalue weighted by molar-refractivity contribution is -0.206. The number of unbranched alkanes of at least 4 members (excludes halogenated alkanes) is 8. The number of esters is 3. The number of hydrogen-bond acceptors (Lipinski definition) is 6. The highest BCUT2D eigenvalue weighted by Gasteiger charge is 2.42. The van der Waals surface area contributed by atoms with Crippen LogP contribution in [0.15, 0.2) is 42.5 Å². The summed E-state index contributed by atoms with van der Waals surface area (Å²) in [6, 6.07) is 8.28. The van der Waals surface area contributed by atoms with Crippen LogP contribution in [0.4, 0.5) is 17.6 Å². The van der Waals surface area contributed by atoms with Crippen molar-refractivity contribution < 1.29 is 46.2 Å². The summed E-state index contributed by atoms with van der Waals surface area (Å²) in [5.74, 6) is -3.89. The largest absolute Gasteiger partial charge is 0.449 e. The number of halogens is 4. The SMILES string of the molecule is CCCCCCCCCCC(=O)Oc1ccc(C(=O)Oc2ccc(C(=O)OC(CCCC)C(F)(F)F)c(F)c2)cc1. The number of carbonyl (C=O) groups is 3. The van der Waals surface area contributed by atoms with Crippen molar-refractivity contribution in [2.45, 2.75) is 103 Å². The number of hydrogen-bond donors (Lipinski definition) is 0. The van der Waals surface area contributed by atoms with Crippen molar-refractivity contribution in [1.82, 2.24) is 0 Å². The zero-order valence-corrected chi connectivity index (χ0v) is 23.6. The van der Waals surface area contributed by atoms with Gasteiger partial charge in [-0.3, -0.25) is 4.79 Å². The van der Waals surface area contributed by atoms with Crippen LogP contribution < -0.4 is 9.47 Å². The van der Waals surface area contributed by atoms with Crippen LogP contribution in [0.5, 0.6) is 11.5 Å². The van der Waals surface area contributed by atoms with E-state index >= 15 is 0 Å². The standard InChI is InChI=1S/C31H38F4O6/c1-3-5-7-8-9-10-11-12-14-28(36)39-23-17-15-22(16-18-23)29(37)40-24-19-20-25(26(32)21-24)30(38)41-27(13-6-4-2)31(33,34)35/h15-21,27H,3-14H2,1-2H3. The van der Waals surface area contributed by atoms with Crippen molar-refractivity contribution in [1.29, 1.82) is 0 Å². The van der Waals surface area contributed by atoms with E-state index in [1.807, 2.05) is 0 Å². The Bertz CT molecular complexity index is 1110. The van der Waals surface area contributed by atoms with Gasteiger partial charge in [0.15, 0.2) is 6.10 Å². The van der Waals surface area contributed by atoms with Crippen molar-refractivity contribution in [3.63, 3.8) is 0 Å². The van der Waals surface area contributed by atoms with E-state index < -0.39 is 42.0 Å². The van der Waals surface area contributed by atoms with Gasteiger partial charge in [0.2, 0.25) is 0 Å². The molecule has 6 nitrogen and oxygen atoms in total. The maximum Gasteiger partial charge on any atom is 0.425 e.